The number of carbonyl (C=O) groups is 1. The van der Waals surface area contributed by atoms with Gasteiger partial charge in [0, 0.05) is 23.5 Å². The summed E-state index contributed by atoms with van der Waals surface area (Å²) in [6.45, 7) is 4.03. The molecule has 1 saturated carbocycles. The molecule has 5 heteroatoms. The number of aromatic amines is 1. The first-order valence-electron chi connectivity index (χ1n) is 7.72. The topological polar surface area (TPSA) is 66.9 Å². The van der Waals surface area contributed by atoms with Crippen molar-refractivity contribution >= 4 is 11.6 Å². The number of nitrogens with zero attached hydrogens (tertiary/aromatic N) is 1. The third-order valence-electron chi connectivity index (χ3n) is 4.30. The molecule has 3 rings (SSSR count). The minimum absolute atomic E-state index is 0.0825. The van der Waals surface area contributed by atoms with Crippen molar-refractivity contribution in [1.82, 2.24) is 9.55 Å². The summed E-state index contributed by atoms with van der Waals surface area (Å²) in [6, 6.07) is 7.37. The Balaban J connectivity index is 1.78. The SMILES string of the molecule is Cc1cn(-c2cccc(NC(=O)C3CCC(C)C3)c2)c(=O)[nH]1. The van der Waals surface area contributed by atoms with Gasteiger partial charge in [0.25, 0.3) is 0 Å². The number of carbonyl (C=O) groups excluding carboxylic acids is 1. The van der Waals surface area contributed by atoms with Crippen LogP contribution in [0.15, 0.2) is 35.3 Å². The van der Waals surface area contributed by atoms with Crippen LogP contribution in [0.2, 0.25) is 0 Å². The van der Waals surface area contributed by atoms with Gasteiger partial charge in [0.05, 0.1) is 5.69 Å². The highest BCUT2D eigenvalue weighted by Gasteiger charge is 2.27. The molecule has 2 unspecified atom stereocenters. The first-order chi connectivity index (χ1) is 10.5. The molecule has 1 heterocycles. The Morgan fingerprint density at radius 2 is 2.18 bits per heavy atom. The van der Waals surface area contributed by atoms with Gasteiger partial charge in [-0.1, -0.05) is 13.0 Å². The number of hydrogen-bond donors (Lipinski definition) is 2. The maximum absolute atomic E-state index is 12.3. The first kappa shape index (κ1) is 14.6. The highest BCUT2D eigenvalue weighted by Crippen LogP contribution is 2.31. The smallest absolute Gasteiger partial charge is 0.326 e. The summed E-state index contributed by atoms with van der Waals surface area (Å²) in [7, 11) is 0. The Hall–Kier alpha value is -2.30. The number of aryl methyl sites for hydroxylation is 1. The number of benzene rings is 1. The van der Waals surface area contributed by atoms with E-state index in [0.717, 1.165) is 36.3 Å². The molecule has 1 fully saturated rings. The number of H-pyrrole nitrogens is 1. The first-order valence-corrected chi connectivity index (χ1v) is 7.72. The lowest BCUT2D eigenvalue weighted by atomic mass is 10.1. The second-order valence-corrected chi connectivity index (χ2v) is 6.27. The van der Waals surface area contributed by atoms with Gasteiger partial charge in [0.2, 0.25) is 5.91 Å². The molecule has 5 nitrogen and oxygen atoms in total. The molecule has 1 aromatic heterocycles. The molecule has 1 amide bonds. The van der Waals surface area contributed by atoms with Crippen LogP contribution >= 0.6 is 0 Å². The van der Waals surface area contributed by atoms with E-state index in [1.165, 1.54) is 0 Å². The standard InChI is InChI=1S/C17H21N3O2/c1-11-6-7-13(8-11)16(21)19-14-4-3-5-15(9-14)20-10-12(2)18-17(20)22/h3-5,9-11,13H,6-8H2,1-2H3,(H,18,22)(H,19,21). The Labute approximate surface area is 129 Å². The van der Waals surface area contributed by atoms with Crippen LogP contribution in [-0.4, -0.2) is 15.5 Å². The molecule has 2 atom stereocenters. The number of nitrogens with one attached hydrogen (secondary N) is 2. The molecule has 1 aliphatic carbocycles. The van der Waals surface area contributed by atoms with E-state index < -0.39 is 0 Å². The Kier molecular flexibility index (Phi) is 3.88. The van der Waals surface area contributed by atoms with Gasteiger partial charge in [0.1, 0.15) is 0 Å². The fraction of sp³-hybridized carbons (Fsp3) is 0.412. The van der Waals surface area contributed by atoms with Crippen LogP contribution in [0.5, 0.6) is 0 Å². The molecule has 0 spiro atoms. The van der Waals surface area contributed by atoms with Crippen LogP contribution in [0.25, 0.3) is 5.69 Å². The van der Waals surface area contributed by atoms with Crippen LogP contribution in [0, 0.1) is 18.8 Å². The Morgan fingerprint density at radius 3 is 2.82 bits per heavy atom. The van der Waals surface area contributed by atoms with Crippen LogP contribution in [0.3, 0.4) is 0 Å². The van der Waals surface area contributed by atoms with E-state index in [9.17, 15) is 9.59 Å². The zero-order chi connectivity index (χ0) is 15.7. The van der Waals surface area contributed by atoms with E-state index in [1.54, 1.807) is 10.8 Å². The Morgan fingerprint density at radius 1 is 1.36 bits per heavy atom. The van der Waals surface area contributed by atoms with Gasteiger partial charge in [-0.15, -0.1) is 0 Å². The summed E-state index contributed by atoms with van der Waals surface area (Å²) in [5.74, 6) is 0.818. The summed E-state index contributed by atoms with van der Waals surface area (Å²) in [5.41, 5.74) is 2.10. The van der Waals surface area contributed by atoms with Gasteiger partial charge in [-0.05, 0) is 50.3 Å². The van der Waals surface area contributed by atoms with Crippen molar-refractivity contribution < 1.29 is 4.79 Å². The molecule has 2 aromatic rings. The number of anilines is 1. The molecular formula is C17H21N3O2. The maximum atomic E-state index is 12.3. The summed E-state index contributed by atoms with van der Waals surface area (Å²) < 4.78 is 1.54. The monoisotopic (exact) mass is 299 g/mol. The summed E-state index contributed by atoms with van der Waals surface area (Å²) in [4.78, 5) is 26.9. The predicted octanol–water partition coefficient (Wildman–Crippen LogP) is 2.85. The van der Waals surface area contributed by atoms with Crippen molar-refractivity contribution in [3.05, 3.63) is 46.6 Å². The van der Waals surface area contributed by atoms with Gasteiger partial charge in [-0.3, -0.25) is 9.36 Å². The normalized spacial score (nSPS) is 21.0. The lowest BCUT2D eigenvalue weighted by Gasteiger charge is -2.12. The van der Waals surface area contributed by atoms with Crippen molar-refractivity contribution in [3.63, 3.8) is 0 Å². The molecule has 0 bridgehead atoms. The minimum atomic E-state index is -0.175. The van der Waals surface area contributed by atoms with Crippen LogP contribution < -0.4 is 11.0 Å². The molecule has 1 aliphatic rings. The van der Waals surface area contributed by atoms with Crippen molar-refractivity contribution in [2.45, 2.75) is 33.1 Å². The van der Waals surface area contributed by atoms with E-state index in [4.69, 9.17) is 0 Å². The van der Waals surface area contributed by atoms with Gasteiger partial charge >= 0.3 is 5.69 Å². The quantitative estimate of drug-likeness (QED) is 0.915. The minimum Gasteiger partial charge on any atom is -0.326 e. The van der Waals surface area contributed by atoms with E-state index in [-0.39, 0.29) is 17.5 Å². The van der Waals surface area contributed by atoms with Crippen molar-refractivity contribution in [2.75, 3.05) is 5.32 Å². The second-order valence-electron chi connectivity index (χ2n) is 6.27. The molecule has 0 aliphatic heterocycles. The lowest BCUT2D eigenvalue weighted by Crippen LogP contribution is -2.21. The van der Waals surface area contributed by atoms with E-state index >= 15 is 0 Å². The third kappa shape index (κ3) is 2.98. The molecule has 0 saturated heterocycles. The van der Waals surface area contributed by atoms with Crippen LogP contribution in [0.4, 0.5) is 5.69 Å². The zero-order valence-electron chi connectivity index (χ0n) is 12.9. The van der Waals surface area contributed by atoms with Gasteiger partial charge in [-0.2, -0.15) is 0 Å². The number of aromatic nitrogens is 2. The second kappa shape index (κ2) is 5.83. The fourth-order valence-corrected chi connectivity index (χ4v) is 3.13. The fourth-order valence-electron chi connectivity index (χ4n) is 3.13. The predicted molar refractivity (Wildman–Crippen MR) is 86.3 cm³/mol. The lowest BCUT2D eigenvalue weighted by molar-refractivity contribution is -0.119. The van der Waals surface area contributed by atoms with E-state index in [1.807, 2.05) is 31.2 Å². The van der Waals surface area contributed by atoms with Crippen LogP contribution in [0.1, 0.15) is 31.9 Å². The van der Waals surface area contributed by atoms with Crippen molar-refractivity contribution in [3.8, 4) is 5.69 Å². The highest BCUT2D eigenvalue weighted by molar-refractivity contribution is 5.93. The van der Waals surface area contributed by atoms with Crippen LogP contribution in [-0.2, 0) is 4.79 Å². The van der Waals surface area contributed by atoms with E-state index in [0.29, 0.717) is 5.92 Å². The maximum Gasteiger partial charge on any atom is 0.330 e. The molecule has 116 valence electrons. The third-order valence-corrected chi connectivity index (χ3v) is 4.30. The highest BCUT2D eigenvalue weighted by atomic mass is 16.2. The number of amides is 1. The van der Waals surface area contributed by atoms with Crippen molar-refractivity contribution in [2.24, 2.45) is 11.8 Å². The molecule has 0 radical (unpaired) electrons. The average molecular weight is 299 g/mol. The number of imidazole rings is 1. The van der Waals surface area contributed by atoms with Gasteiger partial charge < -0.3 is 10.3 Å². The summed E-state index contributed by atoms with van der Waals surface area (Å²) >= 11 is 0. The zero-order valence-corrected chi connectivity index (χ0v) is 12.9. The largest absolute Gasteiger partial charge is 0.330 e. The summed E-state index contributed by atoms with van der Waals surface area (Å²) in [6.07, 6.45) is 4.79. The average Bonchev–Trinajstić information content (AvgIpc) is 3.05. The summed E-state index contributed by atoms with van der Waals surface area (Å²) in [5, 5.41) is 2.98. The molecule has 22 heavy (non-hydrogen) atoms. The molecule has 1 aromatic carbocycles. The van der Waals surface area contributed by atoms with Crippen molar-refractivity contribution in [1.29, 1.82) is 0 Å². The Bertz CT molecular complexity index is 744. The molecular weight excluding hydrogens is 278 g/mol. The number of hydrogen-bond acceptors (Lipinski definition) is 2. The van der Waals surface area contributed by atoms with Gasteiger partial charge in [-0.25, -0.2) is 4.79 Å². The van der Waals surface area contributed by atoms with Gasteiger partial charge in [0.15, 0.2) is 0 Å². The molecule has 2 N–H and O–H groups in total. The number of rotatable bonds is 3. The van der Waals surface area contributed by atoms with E-state index in [2.05, 4.69) is 17.2 Å².